The number of hydrogen-bond acceptors (Lipinski definition) is 7. The van der Waals surface area contributed by atoms with Gasteiger partial charge in [-0.2, -0.15) is 0 Å². The van der Waals surface area contributed by atoms with Crippen molar-refractivity contribution < 1.29 is 24.2 Å². The van der Waals surface area contributed by atoms with Crippen LogP contribution in [-0.2, 0) is 20.7 Å². The molecule has 2 heterocycles. The molecular formula is C31H26N2O5S. The molecule has 0 radical (unpaired) electrons. The summed E-state index contributed by atoms with van der Waals surface area (Å²) in [5.41, 5.74) is 4.27. The summed E-state index contributed by atoms with van der Waals surface area (Å²) in [7, 11) is 1.33. The summed E-state index contributed by atoms with van der Waals surface area (Å²) in [4.78, 5) is 45.7. The summed E-state index contributed by atoms with van der Waals surface area (Å²) < 4.78 is 4.74. The molecule has 3 aromatic carbocycles. The summed E-state index contributed by atoms with van der Waals surface area (Å²) in [6, 6.07) is 23.1. The van der Waals surface area contributed by atoms with E-state index in [4.69, 9.17) is 4.74 Å². The minimum absolute atomic E-state index is 0.00981. The lowest BCUT2D eigenvalue weighted by atomic mass is 9.94. The predicted octanol–water partition coefficient (Wildman–Crippen LogP) is 5.93. The van der Waals surface area contributed by atoms with E-state index in [9.17, 15) is 19.5 Å². The molecule has 0 saturated carbocycles. The minimum Gasteiger partial charge on any atom is -0.503 e. The number of thiazole rings is 1. The number of carbonyl (C=O) groups is 3. The molecule has 1 amide bonds. The SMILES string of the molecule is COC(=O)Cc1ccc(N2C(=O)C(O)=C(C(=O)c3sc(-c4ccccc4)nc3C)C2c2cccc(C)c2)cc1. The summed E-state index contributed by atoms with van der Waals surface area (Å²) in [6.45, 7) is 3.68. The second kappa shape index (κ2) is 10.7. The van der Waals surface area contributed by atoms with Crippen LogP contribution < -0.4 is 4.90 Å². The Labute approximate surface area is 230 Å². The van der Waals surface area contributed by atoms with E-state index in [-0.39, 0.29) is 18.0 Å². The topological polar surface area (TPSA) is 96.8 Å². The lowest BCUT2D eigenvalue weighted by Gasteiger charge is -2.27. The number of hydrogen-bond donors (Lipinski definition) is 1. The van der Waals surface area contributed by atoms with Crippen LogP contribution in [-0.4, -0.2) is 34.9 Å². The van der Waals surface area contributed by atoms with E-state index in [0.29, 0.717) is 32.4 Å². The quantitative estimate of drug-likeness (QED) is 0.232. The van der Waals surface area contributed by atoms with Gasteiger partial charge in [-0.05, 0) is 37.1 Å². The van der Waals surface area contributed by atoms with Gasteiger partial charge in [-0.15, -0.1) is 11.3 Å². The molecule has 1 atom stereocenters. The Hall–Kier alpha value is -4.56. The van der Waals surface area contributed by atoms with Crippen LogP contribution in [0.25, 0.3) is 10.6 Å². The van der Waals surface area contributed by atoms with Gasteiger partial charge in [0.25, 0.3) is 5.91 Å². The molecule has 0 spiro atoms. The number of aromatic nitrogens is 1. The van der Waals surface area contributed by atoms with Crippen LogP contribution in [0.15, 0.2) is 90.2 Å². The van der Waals surface area contributed by atoms with Gasteiger partial charge in [0.05, 0.1) is 35.7 Å². The molecule has 0 bridgehead atoms. The second-order valence-corrected chi connectivity index (χ2v) is 10.3. The number of anilines is 1. The molecular weight excluding hydrogens is 512 g/mol. The number of aryl methyl sites for hydroxylation is 2. The number of esters is 1. The number of amides is 1. The first-order valence-electron chi connectivity index (χ1n) is 12.3. The molecule has 1 unspecified atom stereocenters. The maximum atomic E-state index is 14.0. The third-order valence-corrected chi connectivity index (χ3v) is 7.83. The largest absolute Gasteiger partial charge is 0.503 e. The number of carbonyl (C=O) groups excluding carboxylic acids is 3. The first-order valence-corrected chi connectivity index (χ1v) is 13.2. The fourth-order valence-electron chi connectivity index (χ4n) is 4.71. The van der Waals surface area contributed by atoms with Crippen molar-refractivity contribution in [3.05, 3.63) is 117 Å². The van der Waals surface area contributed by atoms with Gasteiger partial charge >= 0.3 is 5.97 Å². The Kier molecular flexibility index (Phi) is 7.13. The van der Waals surface area contributed by atoms with Gasteiger partial charge in [0.2, 0.25) is 5.78 Å². The number of aliphatic hydroxyl groups is 1. The van der Waals surface area contributed by atoms with Crippen molar-refractivity contribution in [3.63, 3.8) is 0 Å². The Bertz CT molecular complexity index is 1610. The van der Waals surface area contributed by atoms with Crippen molar-refractivity contribution in [2.45, 2.75) is 26.3 Å². The second-order valence-electron chi connectivity index (χ2n) is 9.30. The van der Waals surface area contributed by atoms with E-state index >= 15 is 0 Å². The number of ether oxygens (including phenoxy) is 1. The maximum absolute atomic E-state index is 14.0. The normalized spacial score (nSPS) is 15.1. The van der Waals surface area contributed by atoms with E-state index in [1.54, 1.807) is 31.2 Å². The van der Waals surface area contributed by atoms with Crippen molar-refractivity contribution in [2.75, 3.05) is 12.0 Å². The zero-order chi connectivity index (χ0) is 27.7. The Morgan fingerprint density at radius 2 is 1.72 bits per heavy atom. The maximum Gasteiger partial charge on any atom is 0.309 e. The molecule has 7 nitrogen and oxygen atoms in total. The van der Waals surface area contributed by atoms with Crippen LogP contribution in [0.5, 0.6) is 0 Å². The average Bonchev–Trinajstić information content (AvgIpc) is 3.46. The molecule has 0 aliphatic carbocycles. The highest BCUT2D eigenvalue weighted by Gasteiger charge is 2.45. The molecule has 8 heteroatoms. The van der Waals surface area contributed by atoms with Gasteiger partial charge in [-0.1, -0.05) is 72.3 Å². The molecule has 1 N–H and O–H groups in total. The van der Waals surface area contributed by atoms with Gasteiger partial charge in [0.15, 0.2) is 5.76 Å². The fraction of sp³-hybridized carbons (Fsp3) is 0.161. The number of benzene rings is 3. The van der Waals surface area contributed by atoms with Crippen LogP contribution in [0.2, 0.25) is 0 Å². The van der Waals surface area contributed by atoms with Crippen LogP contribution in [0.4, 0.5) is 5.69 Å². The average molecular weight is 539 g/mol. The molecule has 4 aromatic rings. The van der Waals surface area contributed by atoms with Crippen molar-refractivity contribution in [1.82, 2.24) is 4.98 Å². The van der Waals surface area contributed by atoms with Crippen LogP contribution in [0.3, 0.4) is 0 Å². The summed E-state index contributed by atoms with van der Waals surface area (Å²) in [6.07, 6.45) is 0.0909. The number of methoxy groups -OCH3 is 1. The van der Waals surface area contributed by atoms with E-state index in [0.717, 1.165) is 11.1 Å². The number of nitrogens with zero attached hydrogens (tertiary/aromatic N) is 2. The van der Waals surface area contributed by atoms with Gasteiger partial charge in [-0.25, -0.2) is 4.98 Å². The molecule has 1 aliphatic heterocycles. The van der Waals surface area contributed by atoms with Crippen molar-refractivity contribution in [3.8, 4) is 10.6 Å². The highest BCUT2D eigenvalue weighted by atomic mass is 32.1. The predicted molar refractivity (Wildman–Crippen MR) is 150 cm³/mol. The molecule has 1 aromatic heterocycles. The zero-order valence-electron chi connectivity index (χ0n) is 21.7. The third kappa shape index (κ3) is 4.98. The smallest absolute Gasteiger partial charge is 0.309 e. The van der Waals surface area contributed by atoms with Crippen molar-refractivity contribution in [1.29, 1.82) is 0 Å². The molecule has 0 saturated heterocycles. The lowest BCUT2D eigenvalue weighted by molar-refractivity contribution is -0.139. The number of aliphatic hydroxyl groups excluding tert-OH is 1. The number of Topliss-reactive ketones (excluding diaryl/α,β-unsaturated/α-hetero) is 1. The molecule has 0 fully saturated rings. The van der Waals surface area contributed by atoms with E-state index in [2.05, 4.69) is 4.98 Å². The molecule has 1 aliphatic rings. The highest BCUT2D eigenvalue weighted by Crippen LogP contribution is 2.43. The van der Waals surface area contributed by atoms with Gasteiger partial charge in [-0.3, -0.25) is 19.3 Å². The third-order valence-electron chi connectivity index (χ3n) is 6.62. The molecule has 39 heavy (non-hydrogen) atoms. The fourth-order valence-corrected chi connectivity index (χ4v) is 5.73. The first-order chi connectivity index (χ1) is 18.8. The van der Waals surface area contributed by atoms with Crippen LogP contribution in [0, 0.1) is 13.8 Å². The van der Waals surface area contributed by atoms with Crippen molar-refractivity contribution in [2.24, 2.45) is 0 Å². The molecule has 5 rings (SSSR count). The van der Waals surface area contributed by atoms with E-state index < -0.39 is 23.5 Å². The standard InChI is InChI=1S/C31H26N2O5S/c1-18-8-7-11-22(16-18)26-25(27(35)29-19(2)32-30(39-29)21-9-5-4-6-10-21)28(36)31(37)33(26)23-14-12-20(13-15-23)17-24(34)38-3/h4-16,26,36H,17H2,1-3H3. The number of ketones is 1. The van der Waals surface area contributed by atoms with E-state index in [1.165, 1.54) is 23.3 Å². The summed E-state index contributed by atoms with van der Waals surface area (Å²) >= 11 is 1.24. The Morgan fingerprint density at radius 1 is 1.00 bits per heavy atom. The van der Waals surface area contributed by atoms with Gasteiger partial charge in [0, 0.05) is 11.3 Å². The lowest BCUT2D eigenvalue weighted by Crippen LogP contribution is -2.31. The highest BCUT2D eigenvalue weighted by molar-refractivity contribution is 7.17. The van der Waals surface area contributed by atoms with Crippen molar-refractivity contribution >= 4 is 34.7 Å². The molecule has 196 valence electrons. The summed E-state index contributed by atoms with van der Waals surface area (Å²) in [5, 5.41) is 11.8. The van der Waals surface area contributed by atoms with Crippen LogP contribution >= 0.6 is 11.3 Å². The Balaban J connectivity index is 1.58. The van der Waals surface area contributed by atoms with Crippen LogP contribution in [0.1, 0.15) is 38.1 Å². The Morgan fingerprint density at radius 3 is 2.38 bits per heavy atom. The number of rotatable bonds is 7. The van der Waals surface area contributed by atoms with E-state index in [1.807, 2.05) is 61.5 Å². The monoisotopic (exact) mass is 538 g/mol. The van der Waals surface area contributed by atoms with Gasteiger partial charge < -0.3 is 9.84 Å². The zero-order valence-corrected chi connectivity index (χ0v) is 22.5. The van der Waals surface area contributed by atoms with Gasteiger partial charge in [0.1, 0.15) is 5.01 Å². The first kappa shape index (κ1) is 26.1. The minimum atomic E-state index is -0.849. The summed E-state index contributed by atoms with van der Waals surface area (Å²) in [5.74, 6) is -2.07.